The second kappa shape index (κ2) is 3.43. The molecule has 13 heavy (non-hydrogen) atoms. The second-order valence-corrected chi connectivity index (χ2v) is 4.14. The van der Waals surface area contributed by atoms with Crippen molar-refractivity contribution in [2.75, 3.05) is 13.6 Å². The Hall–Kier alpha value is -0.340. The molecule has 1 aliphatic rings. The van der Waals surface area contributed by atoms with Crippen LogP contribution in [0.4, 0.5) is 0 Å². The van der Waals surface area contributed by atoms with Gasteiger partial charge in [0, 0.05) is 7.05 Å². The molecule has 1 saturated heterocycles. The maximum atomic E-state index is 4.14. The van der Waals surface area contributed by atoms with Gasteiger partial charge in [0.2, 0.25) is 0 Å². The molecule has 1 fully saturated rings. The lowest BCUT2D eigenvalue weighted by Gasteiger charge is -2.32. The standard InChI is InChI=1S/C11H23N2/c1-7-9(3)12(6)13(8-2)10(4)11(13)5/h9,11H,4,7-8H2,1-3,5-6H3/q+1. The number of hydrogen-bond donors (Lipinski definition) is 0. The highest BCUT2D eigenvalue weighted by molar-refractivity contribution is 5.06. The Bertz CT molecular complexity index is 212. The van der Waals surface area contributed by atoms with Crippen molar-refractivity contribution in [1.29, 1.82) is 0 Å². The normalized spacial score (nSPS) is 35.2. The number of likely N-dealkylation sites (N-methyl/N-ethyl adjacent to an activating group) is 1. The first kappa shape index (κ1) is 10.7. The van der Waals surface area contributed by atoms with Crippen LogP contribution < -0.4 is 0 Å². The van der Waals surface area contributed by atoms with Crippen LogP contribution in [0.3, 0.4) is 0 Å². The van der Waals surface area contributed by atoms with Gasteiger partial charge in [-0.1, -0.05) is 6.92 Å². The van der Waals surface area contributed by atoms with Crippen LogP contribution in [0.2, 0.25) is 0 Å². The van der Waals surface area contributed by atoms with Gasteiger partial charge in [0.25, 0.3) is 0 Å². The molecule has 0 radical (unpaired) electrons. The maximum Gasteiger partial charge on any atom is 0.184 e. The fourth-order valence-corrected chi connectivity index (χ4v) is 2.32. The van der Waals surface area contributed by atoms with Gasteiger partial charge in [-0.2, -0.15) is 0 Å². The Morgan fingerprint density at radius 3 is 2.23 bits per heavy atom. The van der Waals surface area contributed by atoms with Crippen molar-refractivity contribution in [3.8, 4) is 0 Å². The van der Waals surface area contributed by atoms with Crippen LogP contribution in [-0.2, 0) is 0 Å². The van der Waals surface area contributed by atoms with E-state index in [0.29, 0.717) is 12.1 Å². The third kappa shape index (κ3) is 1.32. The number of rotatable bonds is 4. The van der Waals surface area contributed by atoms with Crippen LogP contribution in [-0.4, -0.2) is 35.3 Å². The van der Waals surface area contributed by atoms with E-state index in [1.807, 2.05) is 0 Å². The number of hydrogen-bond acceptors (Lipinski definition) is 1. The van der Waals surface area contributed by atoms with Crippen LogP contribution in [0.1, 0.15) is 34.1 Å². The zero-order valence-corrected chi connectivity index (χ0v) is 9.67. The minimum atomic E-state index is 0.629. The van der Waals surface area contributed by atoms with Crippen molar-refractivity contribution in [3.05, 3.63) is 12.3 Å². The SMILES string of the molecule is C=C1C(C)[N+]1(CC)N(C)C(C)CC. The second-order valence-electron chi connectivity index (χ2n) is 4.14. The molecule has 2 nitrogen and oxygen atoms in total. The molecule has 3 atom stereocenters. The van der Waals surface area contributed by atoms with Crippen LogP contribution in [0, 0.1) is 0 Å². The molecule has 76 valence electrons. The van der Waals surface area contributed by atoms with E-state index in [2.05, 4.69) is 46.3 Å². The van der Waals surface area contributed by atoms with Crippen LogP contribution in [0.25, 0.3) is 0 Å². The van der Waals surface area contributed by atoms with Crippen LogP contribution in [0.5, 0.6) is 0 Å². The van der Waals surface area contributed by atoms with E-state index in [4.69, 9.17) is 0 Å². The molecule has 0 aromatic carbocycles. The minimum absolute atomic E-state index is 0.629. The van der Waals surface area contributed by atoms with Crippen molar-refractivity contribution in [2.45, 2.75) is 46.2 Å². The monoisotopic (exact) mass is 183 g/mol. The van der Waals surface area contributed by atoms with Crippen molar-refractivity contribution >= 4 is 0 Å². The Morgan fingerprint density at radius 2 is 2.00 bits per heavy atom. The van der Waals surface area contributed by atoms with Gasteiger partial charge in [-0.05, 0) is 33.8 Å². The van der Waals surface area contributed by atoms with Gasteiger partial charge >= 0.3 is 0 Å². The van der Waals surface area contributed by atoms with Gasteiger partial charge in [-0.3, -0.25) is 0 Å². The number of quaternary nitrogens is 1. The van der Waals surface area contributed by atoms with E-state index in [9.17, 15) is 0 Å². The Labute approximate surface area is 82.4 Å². The predicted octanol–water partition coefficient (Wildman–Crippen LogP) is 2.38. The van der Waals surface area contributed by atoms with Crippen LogP contribution in [0.15, 0.2) is 12.3 Å². The molecule has 1 rings (SSSR count). The van der Waals surface area contributed by atoms with Gasteiger partial charge in [0.15, 0.2) is 11.7 Å². The summed E-state index contributed by atoms with van der Waals surface area (Å²) in [5.74, 6) is 0. The molecule has 3 unspecified atom stereocenters. The van der Waals surface area contributed by atoms with E-state index in [1.54, 1.807) is 0 Å². The summed E-state index contributed by atoms with van der Waals surface area (Å²) in [5, 5.41) is 2.45. The lowest BCUT2D eigenvalue weighted by molar-refractivity contribution is -0.919. The molecular formula is C11H23N2+. The average Bonchev–Trinajstić information content (AvgIpc) is 2.68. The topological polar surface area (TPSA) is 3.24 Å². The molecule has 0 aromatic rings. The summed E-state index contributed by atoms with van der Waals surface area (Å²) >= 11 is 0. The van der Waals surface area contributed by atoms with Crippen LogP contribution >= 0.6 is 0 Å². The Kier molecular flexibility index (Phi) is 2.83. The van der Waals surface area contributed by atoms with Gasteiger partial charge in [-0.15, -0.1) is 5.01 Å². The summed E-state index contributed by atoms with van der Waals surface area (Å²) in [6.07, 6.45) is 1.20. The fraction of sp³-hybridized carbons (Fsp3) is 0.818. The van der Waals surface area contributed by atoms with E-state index < -0.39 is 0 Å². The molecular weight excluding hydrogens is 160 g/mol. The molecule has 0 amide bonds. The van der Waals surface area contributed by atoms with Gasteiger partial charge < -0.3 is 0 Å². The van der Waals surface area contributed by atoms with Crippen molar-refractivity contribution < 1.29 is 4.59 Å². The molecule has 1 aliphatic heterocycles. The summed E-state index contributed by atoms with van der Waals surface area (Å²) in [7, 11) is 2.21. The highest BCUT2D eigenvalue weighted by atomic mass is 15.8. The van der Waals surface area contributed by atoms with Gasteiger partial charge in [0.05, 0.1) is 12.6 Å². The molecule has 0 spiro atoms. The Balaban J connectivity index is 2.75. The van der Waals surface area contributed by atoms with Gasteiger partial charge in [0.1, 0.15) is 0 Å². The summed E-state index contributed by atoms with van der Waals surface area (Å²) < 4.78 is 1.01. The summed E-state index contributed by atoms with van der Waals surface area (Å²) in [5.41, 5.74) is 1.37. The van der Waals surface area contributed by atoms with Crippen molar-refractivity contribution in [2.24, 2.45) is 0 Å². The quantitative estimate of drug-likeness (QED) is 0.478. The van der Waals surface area contributed by atoms with E-state index in [-0.39, 0.29) is 0 Å². The third-order valence-electron chi connectivity index (χ3n) is 3.83. The first-order valence-electron chi connectivity index (χ1n) is 5.32. The number of nitrogens with zero attached hydrogens (tertiary/aromatic N) is 2. The molecule has 1 heterocycles. The highest BCUT2D eigenvalue weighted by Gasteiger charge is 2.61. The zero-order chi connectivity index (χ0) is 10.2. The summed E-state index contributed by atoms with van der Waals surface area (Å²) in [6, 6.07) is 1.27. The van der Waals surface area contributed by atoms with E-state index in [1.165, 1.54) is 12.1 Å². The summed E-state index contributed by atoms with van der Waals surface area (Å²) in [4.78, 5) is 0. The minimum Gasteiger partial charge on any atom is -0.200 e. The molecule has 2 heteroatoms. The van der Waals surface area contributed by atoms with Crippen molar-refractivity contribution in [3.63, 3.8) is 0 Å². The fourth-order valence-electron chi connectivity index (χ4n) is 2.32. The highest BCUT2D eigenvalue weighted by Crippen LogP contribution is 2.44. The summed E-state index contributed by atoms with van der Waals surface area (Å²) in [6.45, 7) is 14.3. The maximum absolute atomic E-state index is 4.14. The van der Waals surface area contributed by atoms with Crippen molar-refractivity contribution in [1.82, 2.24) is 5.01 Å². The Morgan fingerprint density at radius 1 is 1.54 bits per heavy atom. The lowest BCUT2D eigenvalue weighted by Crippen LogP contribution is -2.48. The molecule has 0 saturated carbocycles. The smallest absolute Gasteiger partial charge is 0.184 e. The van der Waals surface area contributed by atoms with E-state index >= 15 is 0 Å². The first-order valence-corrected chi connectivity index (χ1v) is 5.32. The first-order chi connectivity index (χ1) is 6.02. The molecule has 0 aromatic heterocycles. The predicted molar refractivity (Wildman–Crippen MR) is 56.9 cm³/mol. The average molecular weight is 183 g/mol. The van der Waals surface area contributed by atoms with E-state index in [0.717, 1.165) is 11.1 Å². The third-order valence-corrected chi connectivity index (χ3v) is 3.83. The van der Waals surface area contributed by atoms with Gasteiger partial charge in [-0.25, -0.2) is 4.59 Å². The molecule has 0 aliphatic carbocycles. The lowest BCUT2D eigenvalue weighted by atomic mass is 10.2. The largest absolute Gasteiger partial charge is 0.200 e. The zero-order valence-electron chi connectivity index (χ0n) is 9.67. The molecule has 0 N–H and O–H groups in total. The molecule has 0 bridgehead atoms.